The van der Waals surface area contributed by atoms with Crippen LogP contribution in [0.25, 0.3) is 0 Å². The molecule has 0 amide bonds. The van der Waals surface area contributed by atoms with Crippen LogP contribution in [0, 0.1) is 11.8 Å². The van der Waals surface area contributed by atoms with Gasteiger partial charge in [-0.3, -0.25) is 4.79 Å². The van der Waals surface area contributed by atoms with Gasteiger partial charge in [-0.1, -0.05) is 61.7 Å². The molecule has 1 aliphatic carbocycles. The maximum Gasteiger partial charge on any atom is 0.303 e. The molecule has 28 heavy (non-hydrogen) atoms. The van der Waals surface area contributed by atoms with Crippen LogP contribution in [-0.4, -0.2) is 44.7 Å². The highest BCUT2D eigenvalue weighted by atomic mass is 16.4. The number of aryl methyl sites for hydroxylation is 1. The number of rotatable bonds is 12. The minimum atomic E-state index is -0.759. The van der Waals surface area contributed by atoms with Gasteiger partial charge in [0.15, 0.2) is 0 Å². The van der Waals surface area contributed by atoms with Gasteiger partial charge in [0.25, 0.3) is 0 Å². The number of hydrogen-bond acceptors (Lipinski definition) is 4. The zero-order valence-electron chi connectivity index (χ0n) is 16.5. The van der Waals surface area contributed by atoms with Crippen LogP contribution in [0.4, 0.5) is 0 Å². The number of carboxylic acid groups (broad SMARTS) is 1. The highest BCUT2D eigenvalue weighted by Crippen LogP contribution is 2.37. The van der Waals surface area contributed by atoms with Crippen LogP contribution in [-0.2, 0) is 11.2 Å². The first-order valence-electron chi connectivity index (χ1n) is 10.5. The Hall–Kier alpha value is -1.69. The monoisotopic (exact) mass is 390 g/mol. The van der Waals surface area contributed by atoms with E-state index in [-0.39, 0.29) is 18.3 Å². The first-order valence-corrected chi connectivity index (χ1v) is 10.5. The third-order valence-corrected chi connectivity index (χ3v) is 5.72. The summed E-state index contributed by atoms with van der Waals surface area (Å²) in [6, 6.07) is 10.0. The van der Waals surface area contributed by atoms with E-state index < -0.39 is 24.3 Å². The van der Waals surface area contributed by atoms with Gasteiger partial charge < -0.3 is 20.4 Å². The summed E-state index contributed by atoms with van der Waals surface area (Å²) in [5, 5.41) is 39.5. The van der Waals surface area contributed by atoms with Crippen molar-refractivity contribution in [2.45, 2.75) is 76.1 Å². The third-order valence-electron chi connectivity index (χ3n) is 5.72. The Labute approximate surface area is 167 Å². The molecular formula is C23H34O5. The van der Waals surface area contributed by atoms with Crippen LogP contribution in [0.15, 0.2) is 42.5 Å². The van der Waals surface area contributed by atoms with Crippen LogP contribution in [0.2, 0.25) is 0 Å². The minimum absolute atomic E-state index is 0.00736. The number of aliphatic hydroxyl groups excluding tert-OH is 3. The van der Waals surface area contributed by atoms with Crippen molar-refractivity contribution in [3.8, 4) is 0 Å². The van der Waals surface area contributed by atoms with E-state index in [1.807, 2.05) is 36.4 Å². The predicted molar refractivity (Wildman–Crippen MR) is 109 cm³/mol. The third kappa shape index (κ3) is 7.74. The van der Waals surface area contributed by atoms with Gasteiger partial charge in [0.1, 0.15) is 0 Å². The Bertz CT molecular complexity index is 600. The smallest absolute Gasteiger partial charge is 0.303 e. The Kier molecular flexibility index (Phi) is 9.68. The SMILES string of the molecule is O=C(O)CCCCCCC1C(O)CC(O)C1C=CC(O)CCc1ccccc1. The van der Waals surface area contributed by atoms with E-state index in [1.54, 1.807) is 6.08 Å². The van der Waals surface area contributed by atoms with E-state index in [0.717, 1.165) is 32.1 Å². The van der Waals surface area contributed by atoms with Crippen molar-refractivity contribution < 1.29 is 25.2 Å². The molecule has 4 N–H and O–H groups in total. The maximum absolute atomic E-state index is 10.5. The highest BCUT2D eigenvalue weighted by molar-refractivity contribution is 5.66. The molecule has 0 saturated heterocycles. The van der Waals surface area contributed by atoms with Crippen molar-refractivity contribution in [1.82, 2.24) is 0 Å². The molecule has 0 aromatic heterocycles. The van der Waals surface area contributed by atoms with E-state index >= 15 is 0 Å². The Morgan fingerprint density at radius 3 is 2.50 bits per heavy atom. The van der Waals surface area contributed by atoms with Crippen molar-refractivity contribution in [2.24, 2.45) is 11.8 Å². The number of carboxylic acids is 1. The molecule has 0 radical (unpaired) electrons. The van der Waals surface area contributed by atoms with Gasteiger partial charge in [-0.2, -0.15) is 0 Å². The van der Waals surface area contributed by atoms with Crippen molar-refractivity contribution in [1.29, 1.82) is 0 Å². The lowest BCUT2D eigenvalue weighted by Crippen LogP contribution is -2.21. The summed E-state index contributed by atoms with van der Waals surface area (Å²) >= 11 is 0. The van der Waals surface area contributed by atoms with Crippen LogP contribution in [0.5, 0.6) is 0 Å². The van der Waals surface area contributed by atoms with E-state index in [9.17, 15) is 20.1 Å². The molecular weight excluding hydrogens is 356 g/mol. The van der Waals surface area contributed by atoms with E-state index in [1.165, 1.54) is 5.56 Å². The number of hydrogen-bond donors (Lipinski definition) is 4. The minimum Gasteiger partial charge on any atom is -0.481 e. The number of carbonyl (C=O) groups is 1. The van der Waals surface area contributed by atoms with Gasteiger partial charge >= 0.3 is 5.97 Å². The van der Waals surface area contributed by atoms with Gasteiger partial charge in [-0.05, 0) is 37.2 Å². The fourth-order valence-corrected chi connectivity index (χ4v) is 4.10. The summed E-state index contributed by atoms with van der Waals surface area (Å²) in [5.74, 6) is -0.905. The van der Waals surface area contributed by atoms with Crippen LogP contribution in [0.1, 0.15) is 56.9 Å². The lowest BCUT2D eigenvalue weighted by Gasteiger charge is -2.21. The predicted octanol–water partition coefficient (Wildman–Crippen LogP) is 3.32. The normalized spacial score (nSPS) is 26.0. The summed E-state index contributed by atoms with van der Waals surface area (Å²) in [6.45, 7) is 0. The van der Waals surface area contributed by atoms with Crippen molar-refractivity contribution >= 4 is 5.97 Å². The first-order chi connectivity index (χ1) is 13.5. The highest BCUT2D eigenvalue weighted by Gasteiger charge is 2.39. The Morgan fingerprint density at radius 2 is 1.79 bits per heavy atom. The number of aliphatic hydroxyl groups is 3. The van der Waals surface area contributed by atoms with Gasteiger partial charge in [0.2, 0.25) is 0 Å². The molecule has 2 rings (SSSR count). The van der Waals surface area contributed by atoms with Crippen LogP contribution < -0.4 is 0 Å². The van der Waals surface area contributed by atoms with Crippen LogP contribution >= 0.6 is 0 Å². The molecule has 1 aromatic rings. The molecule has 1 fully saturated rings. The van der Waals surface area contributed by atoms with E-state index in [2.05, 4.69) is 0 Å². The summed E-state index contributed by atoms with van der Waals surface area (Å²) in [4.78, 5) is 10.5. The standard InChI is InChI=1S/C23H34O5/c24-18(13-12-17-8-4-3-5-9-17)14-15-20-19(21(25)16-22(20)26)10-6-1-2-7-11-23(27)28/h3-5,8-9,14-15,18-22,24-26H,1-2,6-7,10-13,16H2,(H,27,28). The second-order valence-electron chi connectivity index (χ2n) is 7.93. The van der Waals surface area contributed by atoms with Gasteiger partial charge in [0, 0.05) is 18.8 Å². The molecule has 0 heterocycles. The molecule has 1 aromatic carbocycles. The maximum atomic E-state index is 10.5. The number of unbranched alkanes of at least 4 members (excludes halogenated alkanes) is 3. The quantitative estimate of drug-likeness (QED) is 0.324. The molecule has 5 heteroatoms. The molecule has 5 atom stereocenters. The molecule has 5 unspecified atom stereocenters. The first kappa shape index (κ1) is 22.6. The Balaban J connectivity index is 1.76. The lowest BCUT2D eigenvalue weighted by molar-refractivity contribution is -0.137. The average molecular weight is 391 g/mol. The lowest BCUT2D eigenvalue weighted by atomic mass is 9.87. The second-order valence-corrected chi connectivity index (χ2v) is 7.93. The second kappa shape index (κ2) is 12.0. The van der Waals surface area contributed by atoms with Gasteiger partial charge in [-0.25, -0.2) is 0 Å². The number of benzene rings is 1. The van der Waals surface area contributed by atoms with Crippen LogP contribution in [0.3, 0.4) is 0 Å². The summed E-state index contributed by atoms with van der Waals surface area (Å²) < 4.78 is 0. The Morgan fingerprint density at radius 1 is 1.07 bits per heavy atom. The van der Waals surface area contributed by atoms with Gasteiger partial charge in [0.05, 0.1) is 18.3 Å². The average Bonchev–Trinajstić information content (AvgIpc) is 2.94. The summed E-state index contributed by atoms with van der Waals surface area (Å²) in [5.41, 5.74) is 1.19. The molecule has 1 aliphatic rings. The van der Waals surface area contributed by atoms with Crippen molar-refractivity contribution in [2.75, 3.05) is 0 Å². The molecule has 0 bridgehead atoms. The van der Waals surface area contributed by atoms with E-state index in [0.29, 0.717) is 19.3 Å². The fraction of sp³-hybridized carbons (Fsp3) is 0.609. The van der Waals surface area contributed by atoms with Gasteiger partial charge in [-0.15, -0.1) is 0 Å². The molecule has 5 nitrogen and oxygen atoms in total. The topological polar surface area (TPSA) is 98.0 Å². The fourth-order valence-electron chi connectivity index (χ4n) is 4.10. The molecule has 0 spiro atoms. The molecule has 156 valence electrons. The zero-order valence-corrected chi connectivity index (χ0v) is 16.5. The largest absolute Gasteiger partial charge is 0.481 e. The summed E-state index contributed by atoms with van der Waals surface area (Å²) in [6.07, 6.45) is 8.17. The van der Waals surface area contributed by atoms with Crippen molar-refractivity contribution in [3.05, 3.63) is 48.0 Å². The molecule has 1 saturated carbocycles. The summed E-state index contributed by atoms with van der Waals surface area (Å²) in [7, 11) is 0. The molecule has 0 aliphatic heterocycles. The number of aliphatic carboxylic acids is 1. The van der Waals surface area contributed by atoms with E-state index in [4.69, 9.17) is 5.11 Å². The van der Waals surface area contributed by atoms with Crippen molar-refractivity contribution in [3.63, 3.8) is 0 Å². The zero-order chi connectivity index (χ0) is 20.4.